The number of hydrogen-bond acceptors (Lipinski definition) is 11. The topological polar surface area (TPSA) is 146 Å². The maximum atomic E-state index is 13.9. The van der Waals surface area contributed by atoms with E-state index in [0.29, 0.717) is 23.5 Å². The van der Waals surface area contributed by atoms with Crippen LogP contribution in [0, 0.1) is 11.3 Å². The van der Waals surface area contributed by atoms with Crippen molar-refractivity contribution in [3.05, 3.63) is 154 Å². The fourth-order valence-corrected chi connectivity index (χ4v) is 9.05. The summed E-state index contributed by atoms with van der Waals surface area (Å²) in [6.45, 7) is 8.49. The number of nitrogens with zero attached hydrogens (tertiary/aromatic N) is 4. The van der Waals surface area contributed by atoms with E-state index < -0.39 is 44.2 Å². The van der Waals surface area contributed by atoms with E-state index >= 15 is 0 Å². The van der Waals surface area contributed by atoms with Crippen LogP contribution in [0.5, 0.6) is 11.5 Å². The second-order valence-corrected chi connectivity index (χ2v) is 16.1. The Hall–Kier alpha value is -5.45. The van der Waals surface area contributed by atoms with E-state index in [1.165, 1.54) is 4.57 Å². The molecule has 1 aliphatic rings. The van der Waals surface area contributed by atoms with E-state index in [1.54, 1.807) is 50.7 Å². The minimum atomic E-state index is -1.72. The molecule has 0 bridgehead atoms. The zero-order chi connectivity index (χ0) is 42.6. The van der Waals surface area contributed by atoms with Crippen LogP contribution >= 0.6 is 8.53 Å². The van der Waals surface area contributed by atoms with Crippen LogP contribution in [0.25, 0.3) is 0 Å². The third-order valence-corrected chi connectivity index (χ3v) is 12.2. The van der Waals surface area contributed by atoms with Crippen LogP contribution in [-0.4, -0.2) is 71.9 Å². The van der Waals surface area contributed by atoms with Gasteiger partial charge in [-0.05, 0) is 86.8 Å². The lowest BCUT2D eigenvalue weighted by molar-refractivity contribution is -0.0862. The van der Waals surface area contributed by atoms with Crippen molar-refractivity contribution < 1.29 is 32.8 Å². The number of amides is 1. The molecule has 0 aliphatic carbocycles. The lowest BCUT2D eigenvalue weighted by Gasteiger charge is -2.37. The molecule has 1 unspecified atom stereocenters. The van der Waals surface area contributed by atoms with Crippen LogP contribution in [0.1, 0.15) is 73.8 Å². The number of benzene rings is 4. The van der Waals surface area contributed by atoms with Crippen LogP contribution in [0.3, 0.4) is 0 Å². The summed E-state index contributed by atoms with van der Waals surface area (Å²) in [5.41, 5.74) is 1.27. The van der Waals surface area contributed by atoms with Gasteiger partial charge in [0.2, 0.25) is 0 Å². The number of aromatic nitrogens is 2. The molecule has 4 aromatic carbocycles. The minimum Gasteiger partial charge on any atom is -0.497 e. The predicted octanol–water partition coefficient (Wildman–Crippen LogP) is 8.47. The Balaban J connectivity index is 1.37. The van der Waals surface area contributed by atoms with E-state index in [1.807, 2.05) is 84.9 Å². The van der Waals surface area contributed by atoms with Crippen molar-refractivity contribution >= 4 is 20.3 Å². The fraction of sp³-hybridized carbons (Fsp3) is 0.348. The summed E-state index contributed by atoms with van der Waals surface area (Å²) >= 11 is 0. The highest BCUT2D eigenvalue weighted by Gasteiger charge is 2.45. The first-order valence-electron chi connectivity index (χ1n) is 19.9. The molecular formula is C46H52N5O8P. The molecule has 4 atom stereocenters. The molecule has 13 nitrogen and oxygen atoms in total. The maximum absolute atomic E-state index is 13.9. The number of carbonyl (C=O) groups excluding carboxylic acids is 1. The Morgan fingerprint density at radius 1 is 0.883 bits per heavy atom. The van der Waals surface area contributed by atoms with E-state index in [0.717, 1.165) is 16.7 Å². The minimum absolute atomic E-state index is 0.0375. The van der Waals surface area contributed by atoms with Gasteiger partial charge in [-0.1, -0.05) is 72.8 Å². The lowest BCUT2D eigenvalue weighted by atomic mass is 9.80. The second-order valence-electron chi connectivity index (χ2n) is 14.7. The van der Waals surface area contributed by atoms with Gasteiger partial charge in [0.15, 0.2) is 6.23 Å². The van der Waals surface area contributed by atoms with Gasteiger partial charge in [-0.3, -0.25) is 9.36 Å². The van der Waals surface area contributed by atoms with E-state index in [9.17, 15) is 14.9 Å². The molecule has 1 aliphatic heterocycles. The third kappa shape index (κ3) is 10.3. The Morgan fingerprint density at radius 3 is 1.98 bits per heavy atom. The molecule has 0 saturated carbocycles. The standard InChI is InChI=1S/C46H52N5O8P/c1-32(2)51(33(3)4)60(57-29-13-27-47)59-41-30-40(58-44(41)50-28-26-42(49-45(50)53)48-43(52)34-14-9-7-10-15-34)31-56-46(35-16-11-8-12-17-35,36-18-22-38(54-5)23-19-36)37-20-24-39(55-6)25-21-37/h7-12,14-26,28,32-33,40-41,44H,13,29-31H2,1-6H3,(H,48,49,52,53)/t40-,41+,44+,60?/m0/s1. The molecule has 0 spiro atoms. The summed E-state index contributed by atoms with van der Waals surface area (Å²) in [7, 11) is 1.54. The summed E-state index contributed by atoms with van der Waals surface area (Å²) < 4.78 is 41.7. The average molecular weight is 834 g/mol. The zero-order valence-corrected chi connectivity index (χ0v) is 35.7. The Bertz CT molecular complexity index is 2180. The molecular weight excluding hydrogens is 782 g/mol. The SMILES string of the molecule is COc1ccc(C(OC[C@@H]2C[C@@H](OP(OCCC#N)N(C(C)C)C(C)C)[C@H](n3ccc(NC(=O)c4ccccc4)nc3=O)O2)(c2ccccc2)c2ccc(OC)cc2)cc1. The number of hydrogen-bond donors (Lipinski definition) is 1. The molecule has 2 heterocycles. The van der Waals surface area contributed by atoms with E-state index in [-0.39, 0.29) is 37.5 Å². The highest BCUT2D eigenvalue weighted by molar-refractivity contribution is 7.44. The van der Waals surface area contributed by atoms with Crippen molar-refractivity contribution in [2.75, 3.05) is 32.8 Å². The van der Waals surface area contributed by atoms with Crippen LogP contribution in [0.2, 0.25) is 0 Å². The molecule has 6 rings (SSSR count). The molecule has 14 heteroatoms. The number of carbonyl (C=O) groups is 1. The first kappa shape index (κ1) is 44.1. The molecule has 5 aromatic rings. The summed E-state index contributed by atoms with van der Waals surface area (Å²) in [5.74, 6) is 1.11. The molecule has 314 valence electrons. The highest BCUT2D eigenvalue weighted by Crippen LogP contribution is 2.51. The fourth-order valence-electron chi connectivity index (χ4n) is 7.32. The zero-order valence-electron chi connectivity index (χ0n) is 34.8. The second kappa shape index (κ2) is 20.7. The Labute approximate surface area is 352 Å². The smallest absolute Gasteiger partial charge is 0.351 e. The van der Waals surface area contributed by atoms with Crippen molar-refractivity contribution in [2.45, 2.75) is 76.7 Å². The summed E-state index contributed by atoms with van der Waals surface area (Å²) in [6.07, 6.45) is -0.174. The van der Waals surface area contributed by atoms with Crippen molar-refractivity contribution in [2.24, 2.45) is 0 Å². The molecule has 1 N–H and O–H groups in total. The molecule has 1 fully saturated rings. The van der Waals surface area contributed by atoms with Crippen LogP contribution in [0.15, 0.2) is 126 Å². The molecule has 60 heavy (non-hydrogen) atoms. The highest BCUT2D eigenvalue weighted by atomic mass is 31.2. The predicted molar refractivity (Wildman–Crippen MR) is 230 cm³/mol. The summed E-state index contributed by atoms with van der Waals surface area (Å²) in [6, 6.07) is 38.0. The van der Waals surface area contributed by atoms with Gasteiger partial charge >= 0.3 is 5.69 Å². The van der Waals surface area contributed by atoms with Gasteiger partial charge in [-0.25, -0.2) is 9.46 Å². The number of methoxy groups -OCH3 is 2. The van der Waals surface area contributed by atoms with Gasteiger partial charge in [-0.2, -0.15) is 10.2 Å². The summed E-state index contributed by atoms with van der Waals surface area (Å²) in [5, 5.41) is 12.1. The largest absolute Gasteiger partial charge is 0.497 e. The number of nitriles is 1. The van der Waals surface area contributed by atoms with Gasteiger partial charge in [0.1, 0.15) is 29.0 Å². The van der Waals surface area contributed by atoms with E-state index in [4.69, 9.17) is 28.0 Å². The lowest BCUT2D eigenvalue weighted by Crippen LogP contribution is -2.37. The Kier molecular flexibility index (Phi) is 15.2. The number of anilines is 1. The van der Waals surface area contributed by atoms with Gasteiger partial charge in [0.25, 0.3) is 14.4 Å². The first-order valence-corrected chi connectivity index (χ1v) is 21.1. The molecule has 1 aromatic heterocycles. The van der Waals surface area contributed by atoms with Crippen molar-refractivity contribution in [1.82, 2.24) is 14.2 Å². The number of nitrogens with one attached hydrogen (secondary N) is 1. The van der Waals surface area contributed by atoms with Crippen LogP contribution in [0.4, 0.5) is 5.82 Å². The Morgan fingerprint density at radius 2 is 1.45 bits per heavy atom. The summed E-state index contributed by atoms with van der Waals surface area (Å²) in [4.78, 5) is 31.0. The average Bonchev–Trinajstić information content (AvgIpc) is 3.66. The molecule has 0 radical (unpaired) electrons. The van der Waals surface area contributed by atoms with Gasteiger partial charge in [0, 0.05) is 30.3 Å². The van der Waals surface area contributed by atoms with Crippen LogP contribution < -0.4 is 20.5 Å². The van der Waals surface area contributed by atoms with Gasteiger partial charge in [0.05, 0.1) is 46.0 Å². The monoisotopic (exact) mass is 833 g/mol. The molecule has 1 saturated heterocycles. The van der Waals surface area contributed by atoms with Crippen molar-refractivity contribution in [3.8, 4) is 17.6 Å². The van der Waals surface area contributed by atoms with Gasteiger partial charge < -0.3 is 33.3 Å². The first-order chi connectivity index (χ1) is 29.1. The molecule has 1 amide bonds. The van der Waals surface area contributed by atoms with Crippen molar-refractivity contribution in [3.63, 3.8) is 0 Å². The normalized spacial score (nSPS) is 17.1. The van der Waals surface area contributed by atoms with Crippen molar-refractivity contribution in [1.29, 1.82) is 5.26 Å². The number of rotatable bonds is 19. The van der Waals surface area contributed by atoms with Gasteiger partial charge in [-0.15, -0.1) is 0 Å². The third-order valence-electron chi connectivity index (χ3n) is 10.1. The quantitative estimate of drug-likeness (QED) is 0.0486. The number of ether oxygens (including phenoxy) is 4. The van der Waals surface area contributed by atoms with Crippen LogP contribution in [-0.2, 0) is 24.1 Å². The maximum Gasteiger partial charge on any atom is 0.351 e. The van der Waals surface area contributed by atoms with E-state index in [2.05, 4.69) is 48.7 Å².